The maximum Gasteiger partial charge on any atom is 0.169 e. The minimum absolute atomic E-state index is 0.0574. The average molecular weight is 431 g/mol. The number of hydrogen-bond donors (Lipinski definition) is 0. The minimum Gasteiger partial charge on any atom is -0.354 e. The van der Waals surface area contributed by atoms with Crippen molar-refractivity contribution in [2.75, 3.05) is 38.1 Å². The SMILES string of the molecule is [2H]C([2H])([2H])N1CCN(c2cc(C(=O)Cc3cc4cc(-c5cnn(C)c5)cnc4cn3)ccn2)CC1. The molecule has 1 aliphatic rings. The lowest BCUT2D eigenvalue weighted by molar-refractivity contribution is 0.0992. The van der Waals surface area contributed by atoms with Crippen molar-refractivity contribution in [3.05, 3.63) is 66.5 Å². The first kappa shape index (κ1) is 17.0. The highest BCUT2D eigenvalue weighted by atomic mass is 16.1. The maximum absolute atomic E-state index is 13.1. The van der Waals surface area contributed by atoms with Crippen LogP contribution in [-0.4, -0.2) is 68.6 Å². The van der Waals surface area contributed by atoms with Gasteiger partial charge in [-0.25, -0.2) is 4.98 Å². The van der Waals surface area contributed by atoms with Crippen molar-refractivity contribution < 1.29 is 8.91 Å². The summed E-state index contributed by atoms with van der Waals surface area (Å²) in [5, 5.41) is 5.12. The summed E-state index contributed by atoms with van der Waals surface area (Å²) >= 11 is 0. The highest BCUT2D eigenvalue weighted by Gasteiger charge is 2.17. The van der Waals surface area contributed by atoms with Gasteiger partial charge in [-0.2, -0.15) is 5.10 Å². The van der Waals surface area contributed by atoms with Gasteiger partial charge < -0.3 is 9.80 Å². The van der Waals surface area contributed by atoms with Gasteiger partial charge in [-0.1, -0.05) is 0 Å². The Morgan fingerprint density at radius 1 is 1.03 bits per heavy atom. The molecule has 162 valence electrons. The van der Waals surface area contributed by atoms with Gasteiger partial charge in [0.05, 0.1) is 24.3 Å². The van der Waals surface area contributed by atoms with Gasteiger partial charge in [0.2, 0.25) is 0 Å². The molecule has 1 saturated heterocycles. The van der Waals surface area contributed by atoms with Gasteiger partial charge in [-0.05, 0) is 31.2 Å². The zero-order valence-corrected chi connectivity index (χ0v) is 17.8. The lowest BCUT2D eigenvalue weighted by atomic mass is 10.0. The number of piperazine rings is 1. The first-order valence-electron chi connectivity index (χ1n) is 12.0. The number of Topliss-reactive ketones (excluding diaryl/α,β-unsaturated/α-hetero) is 1. The van der Waals surface area contributed by atoms with E-state index in [1.54, 1.807) is 41.6 Å². The number of fused-ring (bicyclic) bond motifs is 1. The second-order valence-electron chi connectivity index (χ2n) is 7.97. The quantitative estimate of drug-likeness (QED) is 0.450. The fraction of sp³-hybridized carbons (Fsp3) is 0.292. The molecule has 32 heavy (non-hydrogen) atoms. The first-order chi connectivity index (χ1) is 16.8. The molecule has 4 aromatic heterocycles. The lowest BCUT2D eigenvalue weighted by Crippen LogP contribution is -2.44. The number of aryl methyl sites for hydroxylation is 1. The largest absolute Gasteiger partial charge is 0.354 e. The fourth-order valence-corrected chi connectivity index (χ4v) is 3.87. The van der Waals surface area contributed by atoms with Crippen molar-refractivity contribution in [2.45, 2.75) is 6.42 Å². The van der Waals surface area contributed by atoms with Crippen LogP contribution in [0.2, 0.25) is 0 Å². The Bertz CT molecular complexity index is 1380. The van der Waals surface area contributed by atoms with Crippen LogP contribution in [0.15, 0.2) is 55.2 Å². The van der Waals surface area contributed by atoms with E-state index in [9.17, 15) is 4.79 Å². The molecule has 8 nitrogen and oxygen atoms in total. The molecule has 5 heterocycles. The molecule has 4 aromatic rings. The van der Waals surface area contributed by atoms with Gasteiger partial charge in [-0.15, -0.1) is 0 Å². The predicted molar refractivity (Wildman–Crippen MR) is 124 cm³/mol. The Kier molecular flexibility index (Phi) is 4.49. The summed E-state index contributed by atoms with van der Waals surface area (Å²) < 4.78 is 24.4. The molecule has 8 heteroatoms. The summed E-state index contributed by atoms with van der Waals surface area (Å²) in [5.41, 5.74) is 3.90. The van der Waals surface area contributed by atoms with Crippen molar-refractivity contribution in [1.29, 1.82) is 0 Å². The Labute approximate surface area is 190 Å². The highest BCUT2D eigenvalue weighted by molar-refractivity contribution is 5.98. The summed E-state index contributed by atoms with van der Waals surface area (Å²) in [6.45, 7) is -0.152. The third kappa shape index (κ3) is 4.22. The van der Waals surface area contributed by atoms with E-state index in [0.29, 0.717) is 43.3 Å². The Hall–Kier alpha value is -3.65. The number of ketones is 1. The normalized spacial score (nSPS) is 16.5. The molecule has 0 radical (unpaired) electrons. The van der Waals surface area contributed by atoms with Gasteiger partial charge in [0.1, 0.15) is 5.82 Å². The predicted octanol–water partition coefficient (Wildman–Crippen LogP) is 2.60. The van der Waals surface area contributed by atoms with Gasteiger partial charge >= 0.3 is 0 Å². The molecular formula is C24H25N7O. The first-order valence-corrected chi connectivity index (χ1v) is 10.5. The third-order valence-corrected chi connectivity index (χ3v) is 5.68. The van der Waals surface area contributed by atoms with E-state index in [4.69, 9.17) is 4.11 Å². The molecule has 0 N–H and O–H groups in total. The number of carbonyl (C=O) groups is 1. The monoisotopic (exact) mass is 430 g/mol. The maximum atomic E-state index is 13.1. The van der Waals surface area contributed by atoms with E-state index in [2.05, 4.69) is 20.1 Å². The average Bonchev–Trinajstić information content (AvgIpc) is 3.29. The molecule has 0 unspecified atom stereocenters. The van der Waals surface area contributed by atoms with Gasteiger partial charge in [-0.3, -0.25) is 19.4 Å². The van der Waals surface area contributed by atoms with Gasteiger partial charge in [0.25, 0.3) is 0 Å². The molecule has 1 fully saturated rings. The summed E-state index contributed by atoms with van der Waals surface area (Å²) in [7, 11) is 1.87. The minimum atomic E-state index is -2.08. The van der Waals surface area contributed by atoms with E-state index in [-0.39, 0.29) is 12.2 Å². The van der Waals surface area contributed by atoms with Crippen LogP contribution in [0, 0.1) is 0 Å². The molecule has 0 bridgehead atoms. The van der Waals surface area contributed by atoms with Gasteiger partial charge in [0.15, 0.2) is 5.78 Å². The second kappa shape index (κ2) is 8.47. The smallest absolute Gasteiger partial charge is 0.169 e. The van der Waals surface area contributed by atoms with Crippen LogP contribution in [0.3, 0.4) is 0 Å². The zero-order chi connectivity index (χ0) is 24.6. The van der Waals surface area contributed by atoms with Crippen LogP contribution in [-0.2, 0) is 13.5 Å². The highest BCUT2D eigenvalue weighted by Crippen LogP contribution is 2.23. The van der Waals surface area contributed by atoms with Crippen LogP contribution in [0.25, 0.3) is 22.0 Å². The second-order valence-corrected chi connectivity index (χ2v) is 7.97. The number of rotatable bonds is 5. The van der Waals surface area contributed by atoms with Gasteiger partial charge in [0, 0.05) is 83.7 Å². The third-order valence-electron chi connectivity index (χ3n) is 5.68. The number of nitrogens with zero attached hydrogens (tertiary/aromatic N) is 7. The number of likely N-dealkylation sites (N-methyl/N-ethyl adjacent to an activating group) is 1. The molecule has 0 spiro atoms. The molecule has 0 atom stereocenters. The van der Waals surface area contributed by atoms with Crippen LogP contribution >= 0.6 is 0 Å². The van der Waals surface area contributed by atoms with E-state index in [0.717, 1.165) is 22.0 Å². The summed E-state index contributed by atoms with van der Waals surface area (Å²) in [6.07, 6.45) is 8.98. The number of hydrogen-bond acceptors (Lipinski definition) is 7. The number of carbonyl (C=O) groups excluding carboxylic acids is 1. The van der Waals surface area contributed by atoms with E-state index >= 15 is 0 Å². The van der Waals surface area contributed by atoms with Crippen molar-refractivity contribution in [3.63, 3.8) is 0 Å². The van der Waals surface area contributed by atoms with E-state index in [1.807, 2.05) is 30.3 Å². The Balaban J connectivity index is 1.31. The topological polar surface area (TPSA) is 80.0 Å². The lowest BCUT2D eigenvalue weighted by Gasteiger charge is -2.33. The fourth-order valence-electron chi connectivity index (χ4n) is 3.87. The summed E-state index contributed by atoms with van der Waals surface area (Å²) in [4.78, 5) is 29.9. The number of aromatic nitrogens is 5. The standard InChI is InChI=1S/C24H25N7O/c1-29-5-7-31(8-6-29)24-11-17(3-4-25-24)23(32)12-21-10-18-9-19(13-27-22(18)15-26-21)20-14-28-30(2)16-20/h3-4,9-11,13-16H,5-8,12H2,1-2H3/i1D3. The zero-order valence-electron chi connectivity index (χ0n) is 20.8. The molecule has 1 aliphatic heterocycles. The van der Waals surface area contributed by atoms with Crippen molar-refractivity contribution in [3.8, 4) is 11.1 Å². The summed E-state index contributed by atoms with van der Waals surface area (Å²) in [6, 6.07) is 7.40. The van der Waals surface area contributed by atoms with Crippen LogP contribution in [0.1, 0.15) is 20.2 Å². The molecule has 0 aromatic carbocycles. The molecular weight excluding hydrogens is 402 g/mol. The molecule has 0 aliphatic carbocycles. The molecule has 5 rings (SSSR count). The molecule has 0 amide bonds. The van der Waals surface area contributed by atoms with Crippen molar-refractivity contribution in [2.24, 2.45) is 7.05 Å². The molecule has 0 saturated carbocycles. The summed E-state index contributed by atoms with van der Waals surface area (Å²) in [5.74, 6) is 0.621. The number of anilines is 1. The Morgan fingerprint density at radius 2 is 1.91 bits per heavy atom. The van der Waals surface area contributed by atoms with Crippen LogP contribution in [0.4, 0.5) is 5.82 Å². The van der Waals surface area contributed by atoms with E-state index < -0.39 is 6.98 Å². The van der Waals surface area contributed by atoms with Crippen LogP contribution in [0.5, 0.6) is 0 Å². The van der Waals surface area contributed by atoms with E-state index in [1.165, 1.54) is 4.90 Å². The Morgan fingerprint density at radius 3 is 2.69 bits per heavy atom. The van der Waals surface area contributed by atoms with Crippen molar-refractivity contribution >= 4 is 22.5 Å². The number of pyridine rings is 3. The van der Waals surface area contributed by atoms with Crippen LogP contribution < -0.4 is 4.90 Å². The van der Waals surface area contributed by atoms with Crippen molar-refractivity contribution in [1.82, 2.24) is 29.6 Å².